The van der Waals surface area contributed by atoms with E-state index >= 15 is 0 Å². The fourth-order valence-corrected chi connectivity index (χ4v) is 4.07. The fraction of sp³-hybridized carbons (Fsp3) is 0.370. The number of hydrogen-bond donors (Lipinski definition) is 0. The number of aromatic nitrogens is 2. The molecule has 0 atom stereocenters. The Labute approximate surface area is 223 Å². The first kappa shape index (κ1) is 29.1. The van der Waals surface area contributed by atoms with Gasteiger partial charge in [0.15, 0.2) is 5.82 Å². The van der Waals surface area contributed by atoms with Gasteiger partial charge in [-0.1, -0.05) is 92.5 Å². The number of para-hydroxylation sites is 1. The zero-order valence-corrected chi connectivity index (χ0v) is 22.7. The summed E-state index contributed by atoms with van der Waals surface area (Å²) in [6.45, 7) is 8.10. The van der Waals surface area contributed by atoms with Gasteiger partial charge in [-0.2, -0.15) is 0 Å². The molecule has 1 amide bonds. The first-order chi connectivity index (χ1) is 16.9. The molecule has 0 aliphatic heterocycles. The predicted molar refractivity (Wildman–Crippen MR) is 147 cm³/mol. The van der Waals surface area contributed by atoms with Crippen LogP contribution in [-0.4, -0.2) is 41.5 Å². The van der Waals surface area contributed by atoms with E-state index < -0.39 is 0 Å². The minimum absolute atomic E-state index is 0.00498. The van der Waals surface area contributed by atoms with E-state index in [2.05, 4.69) is 48.9 Å². The van der Waals surface area contributed by atoms with Crippen LogP contribution in [0.3, 0.4) is 0 Å². The SMILES string of the molecule is CCCOCCN(C(=O)CCl)c1c(CC)cccc1CC.Clc1cc(Cl)nc(-c2ccccc2)n1. The van der Waals surface area contributed by atoms with Gasteiger partial charge in [-0.3, -0.25) is 4.79 Å². The molecule has 1 aromatic heterocycles. The minimum Gasteiger partial charge on any atom is -0.380 e. The summed E-state index contributed by atoms with van der Waals surface area (Å²) in [5.74, 6) is 0.477. The van der Waals surface area contributed by atoms with Crippen LogP contribution in [0.15, 0.2) is 54.6 Å². The van der Waals surface area contributed by atoms with Crippen molar-refractivity contribution >= 4 is 46.4 Å². The molecule has 2 aromatic carbocycles. The first-order valence-corrected chi connectivity index (χ1v) is 13.0. The van der Waals surface area contributed by atoms with Gasteiger partial charge in [-0.05, 0) is 30.4 Å². The van der Waals surface area contributed by atoms with Crippen LogP contribution in [0.4, 0.5) is 5.69 Å². The number of carbonyl (C=O) groups is 1. The lowest BCUT2D eigenvalue weighted by Crippen LogP contribution is -2.36. The van der Waals surface area contributed by atoms with E-state index in [0.717, 1.165) is 37.1 Å². The second kappa shape index (κ2) is 15.7. The van der Waals surface area contributed by atoms with Crippen molar-refractivity contribution in [2.24, 2.45) is 0 Å². The largest absolute Gasteiger partial charge is 0.380 e. The Morgan fingerprint density at radius 2 is 1.49 bits per heavy atom. The molecule has 0 saturated heterocycles. The Balaban J connectivity index is 0.000000266. The minimum atomic E-state index is -0.0626. The Morgan fingerprint density at radius 3 is 2.00 bits per heavy atom. The maximum atomic E-state index is 12.3. The zero-order valence-electron chi connectivity index (χ0n) is 20.4. The number of rotatable bonds is 10. The molecule has 0 unspecified atom stereocenters. The Hall–Kier alpha value is -2.18. The van der Waals surface area contributed by atoms with Crippen LogP contribution in [0.1, 0.15) is 38.3 Å². The number of halogens is 3. The van der Waals surface area contributed by atoms with Gasteiger partial charge in [0.05, 0.1) is 12.3 Å². The number of nitrogens with zero attached hydrogens (tertiary/aromatic N) is 3. The highest BCUT2D eigenvalue weighted by Gasteiger charge is 2.20. The van der Waals surface area contributed by atoms with Gasteiger partial charge in [0.1, 0.15) is 16.2 Å². The van der Waals surface area contributed by atoms with E-state index in [9.17, 15) is 4.79 Å². The highest BCUT2D eigenvalue weighted by molar-refractivity contribution is 6.33. The lowest BCUT2D eigenvalue weighted by Gasteiger charge is -2.27. The highest BCUT2D eigenvalue weighted by Crippen LogP contribution is 2.27. The summed E-state index contributed by atoms with van der Waals surface area (Å²) < 4.78 is 5.54. The van der Waals surface area contributed by atoms with Crippen molar-refractivity contribution in [3.8, 4) is 11.4 Å². The molecule has 5 nitrogen and oxygen atoms in total. The van der Waals surface area contributed by atoms with Gasteiger partial charge < -0.3 is 9.64 Å². The molecule has 0 N–H and O–H groups in total. The van der Waals surface area contributed by atoms with Crippen molar-refractivity contribution in [3.05, 3.63) is 76.0 Å². The van der Waals surface area contributed by atoms with E-state index in [4.69, 9.17) is 39.5 Å². The number of benzene rings is 2. The Kier molecular flexibility index (Phi) is 13.1. The lowest BCUT2D eigenvalue weighted by molar-refractivity contribution is -0.116. The van der Waals surface area contributed by atoms with E-state index in [-0.39, 0.29) is 11.8 Å². The van der Waals surface area contributed by atoms with Crippen molar-refractivity contribution < 1.29 is 9.53 Å². The summed E-state index contributed by atoms with van der Waals surface area (Å²) in [5, 5.41) is 0.702. The normalized spacial score (nSPS) is 10.5. The van der Waals surface area contributed by atoms with Gasteiger partial charge in [0, 0.05) is 24.8 Å². The van der Waals surface area contributed by atoms with Crippen LogP contribution >= 0.6 is 34.8 Å². The topological polar surface area (TPSA) is 55.3 Å². The molecule has 0 radical (unpaired) electrons. The van der Waals surface area contributed by atoms with Crippen LogP contribution in [-0.2, 0) is 22.4 Å². The molecule has 0 spiro atoms. The Bertz CT molecular complexity index is 1020. The predicted octanol–water partition coefficient (Wildman–Crippen LogP) is 7.26. The van der Waals surface area contributed by atoms with Gasteiger partial charge in [0.25, 0.3) is 0 Å². The second-order valence-corrected chi connectivity index (χ2v) is 8.67. The molecule has 188 valence electrons. The first-order valence-electron chi connectivity index (χ1n) is 11.7. The van der Waals surface area contributed by atoms with Crippen molar-refractivity contribution in [1.29, 1.82) is 0 Å². The number of aryl methyl sites for hydroxylation is 2. The molecule has 0 fully saturated rings. The maximum absolute atomic E-state index is 12.3. The number of amides is 1. The quantitative estimate of drug-likeness (QED) is 0.155. The number of hydrogen-bond acceptors (Lipinski definition) is 4. The van der Waals surface area contributed by atoms with Crippen LogP contribution in [0.2, 0.25) is 10.3 Å². The summed E-state index contributed by atoms with van der Waals surface area (Å²) in [5.41, 5.74) is 4.29. The molecule has 0 saturated carbocycles. The average molecular weight is 537 g/mol. The second-order valence-electron chi connectivity index (χ2n) is 7.63. The van der Waals surface area contributed by atoms with Crippen molar-refractivity contribution in [1.82, 2.24) is 9.97 Å². The number of anilines is 1. The van der Waals surface area contributed by atoms with Crippen LogP contribution in [0.5, 0.6) is 0 Å². The van der Waals surface area contributed by atoms with E-state index in [1.165, 1.54) is 17.2 Å². The molecule has 3 rings (SSSR count). The van der Waals surface area contributed by atoms with Gasteiger partial charge in [-0.25, -0.2) is 9.97 Å². The summed E-state index contributed by atoms with van der Waals surface area (Å²) in [7, 11) is 0. The molecule has 3 aromatic rings. The van der Waals surface area contributed by atoms with Gasteiger partial charge in [0.2, 0.25) is 5.91 Å². The molecule has 35 heavy (non-hydrogen) atoms. The van der Waals surface area contributed by atoms with Crippen molar-refractivity contribution in [2.75, 3.05) is 30.5 Å². The third kappa shape index (κ3) is 9.08. The molecule has 0 aliphatic carbocycles. The zero-order chi connectivity index (χ0) is 25.6. The van der Waals surface area contributed by atoms with Crippen molar-refractivity contribution in [3.63, 3.8) is 0 Å². The molecule has 0 bridgehead atoms. The van der Waals surface area contributed by atoms with Crippen LogP contribution < -0.4 is 4.90 Å². The monoisotopic (exact) mass is 535 g/mol. The van der Waals surface area contributed by atoms with Gasteiger partial charge in [-0.15, -0.1) is 11.6 Å². The summed E-state index contributed by atoms with van der Waals surface area (Å²) in [6.07, 6.45) is 2.77. The molecular weight excluding hydrogens is 505 g/mol. The summed E-state index contributed by atoms with van der Waals surface area (Å²) in [4.78, 5) is 22.2. The van der Waals surface area contributed by atoms with Crippen LogP contribution in [0.25, 0.3) is 11.4 Å². The smallest absolute Gasteiger partial charge is 0.242 e. The highest BCUT2D eigenvalue weighted by atomic mass is 35.5. The molecule has 1 heterocycles. The molecule has 8 heteroatoms. The average Bonchev–Trinajstić information content (AvgIpc) is 2.88. The van der Waals surface area contributed by atoms with E-state index in [1.54, 1.807) is 4.90 Å². The summed E-state index contributed by atoms with van der Waals surface area (Å²) in [6, 6.07) is 17.3. The lowest BCUT2D eigenvalue weighted by atomic mass is 10.0. The Morgan fingerprint density at radius 1 is 0.886 bits per heavy atom. The van der Waals surface area contributed by atoms with E-state index in [0.29, 0.717) is 29.3 Å². The van der Waals surface area contributed by atoms with Gasteiger partial charge >= 0.3 is 0 Å². The maximum Gasteiger partial charge on any atom is 0.242 e. The van der Waals surface area contributed by atoms with Crippen LogP contribution in [0, 0.1) is 0 Å². The number of carbonyl (C=O) groups excluding carboxylic acids is 1. The number of alkyl halides is 1. The summed E-state index contributed by atoms with van der Waals surface area (Å²) >= 11 is 17.3. The number of ether oxygens (including phenoxy) is 1. The third-order valence-corrected chi connectivity index (χ3v) is 5.77. The third-order valence-electron chi connectivity index (χ3n) is 5.15. The standard InChI is InChI=1S/C17H26ClNO2.C10H6Cl2N2/c1-4-11-21-12-10-19(16(20)13-18)17-14(5-2)8-7-9-15(17)6-3;11-8-6-9(12)14-10(13-8)7-4-2-1-3-5-7/h7-9H,4-6,10-13H2,1-3H3;1-6H. The fourth-order valence-electron chi connectivity index (χ4n) is 3.50. The molecule has 0 aliphatic rings. The van der Waals surface area contributed by atoms with Crippen molar-refractivity contribution in [2.45, 2.75) is 40.0 Å². The molecular formula is C27H32Cl3N3O2. The van der Waals surface area contributed by atoms with E-state index in [1.807, 2.05) is 30.3 Å².